The van der Waals surface area contributed by atoms with E-state index in [-0.39, 0.29) is 10.8 Å². The number of aromatic nitrogens is 2. The first-order valence-corrected chi connectivity index (χ1v) is 6.48. The second kappa shape index (κ2) is 5.52. The third kappa shape index (κ3) is 3.20. The Hall–Kier alpha value is -1.69. The van der Waals surface area contributed by atoms with Gasteiger partial charge in [-0.25, -0.2) is 18.7 Å². The number of pyridine rings is 2. The van der Waals surface area contributed by atoms with Gasteiger partial charge in [-0.1, -0.05) is 0 Å². The Kier molecular flexibility index (Phi) is 3.99. The van der Waals surface area contributed by atoms with Gasteiger partial charge in [0, 0.05) is 18.8 Å². The zero-order valence-electron chi connectivity index (χ0n) is 10.8. The van der Waals surface area contributed by atoms with E-state index in [1.807, 2.05) is 26.0 Å². The normalized spacial score (nSPS) is 10.6. The molecule has 0 fully saturated rings. The van der Waals surface area contributed by atoms with Crippen LogP contribution in [0.5, 0.6) is 0 Å². The van der Waals surface area contributed by atoms with Crippen LogP contribution in [0.25, 0.3) is 0 Å². The number of nitrogens with zero attached hydrogens (tertiary/aromatic N) is 2. The van der Waals surface area contributed by atoms with Gasteiger partial charge in [0.05, 0.1) is 0 Å². The van der Waals surface area contributed by atoms with E-state index in [2.05, 4.69) is 15.3 Å². The maximum absolute atomic E-state index is 13.7. The van der Waals surface area contributed by atoms with Gasteiger partial charge in [-0.3, -0.25) is 0 Å². The third-order valence-corrected chi connectivity index (χ3v) is 3.31. The molecular formula is C13H13F2N3S. The quantitative estimate of drug-likeness (QED) is 0.933. The SMILES string of the molecule is CNc1nc(Sc2cc(C)cc(C)n2)c(F)cc1F. The molecular weight excluding hydrogens is 268 g/mol. The van der Waals surface area contributed by atoms with Crippen LogP contribution in [0.4, 0.5) is 14.6 Å². The van der Waals surface area contributed by atoms with Gasteiger partial charge in [0.1, 0.15) is 10.1 Å². The van der Waals surface area contributed by atoms with Gasteiger partial charge in [0.2, 0.25) is 0 Å². The molecule has 100 valence electrons. The molecule has 0 saturated heterocycles. The summed E-state index contributed by atoms with van der Waals surface area (Å²) >= 11 is 1.08. The van der Waals surface area contributed by atoms with Crippen molar-refractivity contribution in [3.63, 3.8) is 0 Å². The predicted octanol–water partition coefficient (Wildman–Crippen LogP) is 3.56. The van der Waals surface area contributed by atoms with Crippen molar-refractivity contribution >= 4 is 17.6 Å². The molecule has 3 nitrogen and oxygen atoms in total. The molecule has 0 saturated carbocycles. The fourth-order valence-electron chi connectivity index (χ4n) is 1.65. The van der Waals surface area contributed by atoms with Crippen LogP contribution in [0.15, 0.2) is 28.3 Å². The number of halogens is 2. The van der Waals surface area contributed by atoms with E-state index in [9.17, 15) is 8.78 Å². The van der Waals surface area contributed by atoms with Crippen molar-refractivity contribution in [2.24, 2.45) is 0 Å². The van der Waals surface area contributed by atoms with Crippen molar-refractivity contribution < 1.29 is 8.78 Å². The summed E-state index contributed by atoms with van der Waals surface area (Å²) in [7, 11) is 1.53. The first kappa shape index (κ1) is 13.7. The molecule has 0 unspecified atom stereocenters. The second-order valence-electron chi connectivity index (χ2n) is 4.08. The Bertz CT molecular complexity index is 597. The lowest BCUT2D eigenvalue weighted by Crippen LogP contribution is -2.00. The second-order valence-corrected chi connectivity index (χ2v) is 5.09. The van der Waals surface area contributed by atoms with Crippen LogP contribution in [-0.2, 0) is 0 Å². The van der Waals surface area contributed by atoms with Crippen LogP contribution < -0.4 is 5.32 Å². The highest BCUT2D eigenvalue weighted by Gasteiger charge is 2.13. The smallest absolute Gasteiger partial charge is 0.168 e. The molecule has 19 heavy (non-hydrogen) atoms. The molecule has 0 atom stereocenters. The van der Waals surface area contributed by atoms with Gasteiger partial charge in [-0.15, -0.1) is 0 Å². The van der Waals surface area contributed by atoms with Gasteiger partial charge in [-0.2, -0.15) is 0 Å². The maximum atomic E-state index is 13.7. The zero-order valence-corrected chi connectivity index (χ0v) is 11.6. The molecule has 0 aromatic carbocycles. The number of anilines is 1. The van der Waals surface area contributed by atoms with Crippen molar-refractivity contribution in [1.82, 2.24) is 9.97 Å². The standard InChI is InChI=1S/C13H13F2N3S/c1-7-4-8(2)17-11(5-7)19-13-10(15)6-9(14)12(16-3)18-13/h4-6H,1-3H3,(H,16,18). The minimum atomic E-state index is -0.710. The van der Waals surface area contributed by atoms with Crippen LogP contribution in [0.2, 0.25) is 0 Å². The summed E-state index contributed by atoms with van der Waals surface area (Å²) in [5.41, 5.74) is 1.88. The first-order valence-electron chi connectivity index (χ1n) is 5.66. The van der Waals surface area contributed by atoms with Gasteiger partial charge in [0.25, 0.3) is 0 Å². The average molecular weight is 281 g/mol. The summed E-state index contributed by atoms with van der Waals surface area (Å²) in [6, 6.07) is 4.59. The van der Waals surface area contributed by atoms with Crippen LogP contribution in [0.3, 0.4) is 0 Å². The third-order valence-electron chi connectivity index (χ3n) is 2.41. The fraction of sp³-hybridized carbons (Fsp3) is 0.231. The zero-order chi connectivity index (χ0) is 14.0. The van der Waals surface area contributed by atoms with Crippen molar-refractivity contribution in [1.29, 1.82) is 0 Å². The number of hydrogen-bond donors (Lipinski definition) is 1. The van der Waals surface area contributed by atoms with Gasteiger partial charge < -0.3 is 5.32 Å². The molecule has 0 aliphatic heterocycles. The van der Waals surface area contributed by atoms with Crippen LogP contribution in [-0.4, -0.2) is 17.0 Å². The summed E-state index contributed by atoms with van der Waals surface area (Å²) < 4.78 is 27.0. The molecule has 1 N–H and O–H groups in total. The lowest BCUT2D eigenvalue weighted by Gasteiger charge is -2.07. The molecule has 0 radical (unpaired) electrons. The van der Waals surface area contributed by atoms with Gasteiger partial charge in [-0.05, 0) is 43.3 Å². The van der Waals surface area contributed by atoms with E-state index in [0.717, 1.165) is 29.1 Å². The summed E-state index contributed by atoms with van der Waals surface area (Å²) in [5.74, 6) is -1.38. The molecule has 2 rings (SSSR count). The van der Waals surface area contributed by atoms with Crippen LogP contribution in [0, 0.1) is 25.5 Å². The number of nitrogens with one attached hydrogen (secondary N) is 1. The molecule has 0 spiro atoms. The van der Waals surface area contributed by atoms with Gasteiger partial charge in [0.15, 0.2) is 17.5 Å². The predicted molar refractivity (Wildman–Crippen MR) is 71.5 cm³/mol. The molecule has 2 aromatic heterocycles. The lowest BCUT2D eigenvalue weighted by atomic mass is 10.3. The van der Waals surface area contributed by atoms with Crippen molar-refractivity contribution in [2.75, 3.05) is 12.4 Å². The van der Waals surface area contributed by atoms with E-state index < -0.39 is 11.6 Å². The highest BCUT2D eigenvalue weighted by atomic mass is 32.2. The highest BCUT2D eigenvalue weighted by molar-refractivity contribution is 7.99. The molecule has 0 aliphatic rings. The van der Waals surface area contributed by atoms with E-state index in [1.54, 1.807) is 0 Å². The Balaban J connectivity index is 2.37. The molecule has 6 heteroatoms. The molecule has 0 bridgehead atoms. The largest absolute Gasteiger partial charge is 0.371 e. The average Bonchev–Trinajstić information content (AvgIpc) is 2.31. The van der Waals surface area contributed by atoms with E-state index in [1.165, 1.54) is 7.05 Å². The fourth-order valence-corrected chi connectivity index (χ4v) is 2.58. The summed E-state index contributed by atoms with van der Waals surface area (Å²) in [5, 5.41) is 3.32. The van der Waals surface area contributed by atoms with Crippen LogP contribution in [0.1, 0.15) is 11.3 Å². The van der Waals surface area contributed by atoms with Crippen molar-refractivity contribution in [2.45, 2.75) is 23.9 Å². The van der Waals surface area contributed by atoms with Gasteiger partial charge >= 0.3 is 0 Å². The summed E-state index contributed by atoms with van der Waals surface area (Å²) in [4.78, 5) is 8.20. The number of rotatable bonds is 3. The highest BCUT2D eigenvalue weighted by Crippen LogP contribution is 2.29. The van der Waals surface area contributed by atoms with E-state index in [4.69, 9.17) is 0 Å². The topological polar surface area (TPSA) is 37.8 Å². The summed E-state index contributed by atoms with van der Waals surface area (Å²) in [6.45, 7) is 3.80. The van der Waals surface area contributed by atoms with Crippen molar-refractivity contribution in [3.8, 4) is 0 Å². The van der Waals surface area contributed by atoms with E-state index in [0.29, 0.717) is 5.03 Å². The van der Waals surface area contributed by atoms with Crippen LogP contribution >= 0.6 is 11.8 Å². The molecule has 0 aliphatic carbocycles. The molecule has 2 heterocycles. The van der Waals surface area contributed by atoms with Crippen molar-refractivity contribution in [3.05, 3.63) is 41.1 Å². The number of aryl methyl sites for hydroxylation is 2. The first-order chi connectivity index (χ1) is 8.99. The Labute approximate surface area is 114 Å². The lowest BCUT2D eigenvalue weighted by molar-refractivity contribution is 0.551. The number of hydrogen-bond acceptors (Lipinski definition) is 4. The summed E-state index contributed by atoms with van der Waals surface area (Å²) in [6.07, 6.45) is 0. The Morgan fingerprint density at radius 1 is 1.05 bits per heavy atom. The monoisotopic (exact) mass is 281 g/mol. The minimum absolute atomic E-state index is 0.0216. The molecule has 2 aromatic rings. The Morgan fingerprint density at radius 2 is 1.79 bits per heavy atom. The maximum Gasteiger partial charge on any atom is 0.168 e. The molecule has 0 amide bonds. The minimum Gasteiger partial charge on any atom is -0.371 e. The Morgan fingerprint density at radius 3 is 2.42 bits per heavy atom. The van der Waals surface area contributed by atoms with E-state index >= 15 is 0 Å².